The second-order valence-electron chi connectivity index (χ2n) is 5.52. The summed E-state index contributed by atoms with van der Waals surface area (Å²) < 4.78 is 12.0. The van der Waals surface area contributed by atoms with E-state index < -0.39 is 5.25 Å². The number of amides is 1. The molecule has 1 aromatic heterocycles. The van der Waals surface area contributed by atoms with Crippen molar-refractivity contribution in [1.29, 1.82) is 0 Å². The average Bonchev–Trinajstić information content (AvgIpc) is 3.16. The second-order valence-corrected chi connectivity index (χ2v) is 6.83. The fraction of sp³-hybridized carbons (Fsp3) is 0.222. The predicted octanol–water partition coefficient (Wildman–Crippen LogP) is 2.80. The first-order valence-electron chi connectivity index (χ1n) is 8.15. The number of hydrogen-bond donors (Lipinski definition) is 1. The van der Waals surface area contributed by atoms with Gasteiger partial charge in [0, 0.05) is 0 Å². The third-order valence-corrected chi connectivity index (χ3v) is 4.81. The summed E-state index contributed by atoms with van der Waals surface area (Å²) in [5, 5.41) is 14.7. The lowest BCUT2D eigenvalue weighted by atomic mass is 10.3. The van der Waals surface area contributed by atoms with Crippen LogP contribution in [0.3, 0.4) is 0 Å². The summed E-state index contributed by atoms with van der Waals surface area (Å²) in [5.74, 6) is 1.17. The summed E-state index contributed by atoms with van der Waals surface area (Å²) in [5.41, 5.74) is 1.40. The lowest BCUT2D eigenvalue weighted by molar-refractivity contribution is -0.115. The van der Waals surface area contributed by atoms with Gasteiger partial charge in [0.2, 0.25) is 11.1 Å². The largest absolute Gasteiger partial charge is 0.497 e. The van der Waals surface area contributed by atoms with Crippen molar-refractivity contribution in [1.82, 2.24) is 20.2 Å². The summed E-state index contributed by atoms with van der Waals surface area (Å²) in [6.45, 7) is 1.79. The van der Waals surface area contributed by atoms with Crippen LogP contribution in [0.15, 0.2) is 53.7 Å². The second kappa shape index (κ2) is 8.54. The van der Waals surface area contributed by atoms with Gasteiger partial charge in [-0.3, -0.25) is 4.79 Å². The quantitative estimate of drug-likeness (QED) is 0.625. The summed E-state index contributed by atoms with van der Waals surface area (Å²) >= 11 is 1.27. The number of carbonyl (C=O) groups is 1. The minimum Gasteiger partial charge on any atom is -0.497 e. The number of nitrogens with one attached hydrogen (secondary N) is 1. The Bertz CT molecular complexity index is 913. The molecule has 1 heterocycles. The highest BCUT2D eigenvalue weighted by molar-refractivity contribution is 8.00. The molecule has 1 amide bonds. The number of para-hydroxylation sites is 2. The zero-order valence-electron chi connectivity index (χ0n) is 15.1. The molecule has 0 bridgehead atoms. The van der Waals surface area contributed by atoms with E-state index in [1.165, 1.54) is 11.8 Å². The van der Waals surface area contributed by atoms with Crippen molar-refractivity contribution >= 4 is 23.4 Å². The van der Waals surface area contributed by atoms with Gasteiger partial charge in [0.15, 0.2) is 0 Å². The Morgan fingerprint density at radius 1 is 1.11 bits per heavy atom. The van der Waals surface area contributed by atoms with Gasteiger partial charge >= 0.3 is 0 Å². The maximum Gasteiger partial charge on any atom is 0.237 e. The van der Waals surface area contributed by atoms with E-state index in [-0.39, 0.29) is 5.91 Å². The Kier molecular flexibility index (Phi) is 5.92. The minimum atomic E-state index is -0.419. The van der Waals surface area contributed by atoms with Gasteiger partial charge < -0.3 is 14.8 Å². The zero-order chi connectivity index (χ0) is 19.2. The Labute approximate surface area is 160 Å². The van der Waals surface area contributed by atoms with E-state index >= 15 is 0 Å². The number of nitrogens with zero attached hydrogens (tertiary/aromatic N) is 4. The molecule has 0 aliphatic carbocycles. The SMILES string of the molecule is COc1ccc(-n2nnnc2S[C@@H](C)C(=O)Nc2ccccc2OC)cc1. The number of tetrazole rings is 1. The van der Waals surface area contributed by atoms with Crippen LogP contribution in [0.1, 0.15) is 6.92 Å². The number of hydrogen-bond acceptors (Lipinski definition) is 7. The molecule has 0 saturated carbocycles. The first-order chi connectivity index (χ1) is 13.1. The topological polar surface area (TPSA) is 91.2 Å². The summed E-state index contributed by atoms with van der Waals surface area (Å²) in [7, 11) is 3.17. The average molecular weight is 385 g/mol. The Morgan fingerprint density at radius 3 is 2.56 bits per heavy atom. The number of carbonyl (C=O) groups excluding carboxylic acids is 1. The fourth-order valence-electron chi connectivity index (χ4n) is 2.33. The monoisotopic (exact) mass is 385 g/mol. The van der Waals surface area contributed by atoms with Crippen LogP contribution in [0.2, 0.25) is 0 Å². The standard InChI is InChI=1S/C18H19N5O3S/c1-12(17(24)19-15-6-4-5-7-16(15)26-3)27-18-20-21-22-23(18)13-8-10-14(25-2)11-9-13/h4-12H,1-3H3,(H,19,24)/t12-/m0/s1. The molecule has 3 aromatic rings. The van der Waals surface area contributed by atoms with Crippen molar-refractivity contribution in [3.05, 3.63) is 48.5 Å². The summed E-state index contributed by atoms with van der Waals surface area (Å²) in [6.07, 6.45) is 0. The Balaban J connectivity index is 1.71. The van der Waals surface area contributed by atoms with E-state index in [2.05, 4.69) is 20.8 Å². The van der Waals surface area contributed by atoms with Crippen molar-refractivity contribution < 1.29 is 14.3 Å². The zero-order valence-corrected chi connectivity index (χ0v) is 15.9. The smallest absolute Gasteiger partial charge is 0.237 e. The lowest BCUT2D eigenvalue weighted by Crippen LogP contribution is -2.23. The minimum absolute atomic E-state index is 0.172. The third kappa shape index (κ3) is 4.37. The number of rotatable bonds is 7. The van der Waals surface area contributed by atoms with Crippen molar-refractivity contribution in [3.8, 4) is 17.2 Å². The summed E-state index contributed by atoms with van der Waals surface area (Å²) in [6, 6.07) is 14.6. The molecule has 1 atom stereocenters. The van der Waals surface area contributed by atoms with E-state index in [0.29, 0.717) is 16.6 Å². The molecule has 0 unspecified atom stereocenters. The van der Waals surface area contributed by atoms with Crippen LogP contribution in [0.4, 0.5) is 5.69 Å². The van der Waals surface area contributed by atoms with Crippen LogP contribution in [0.25, 0.3) is 5.69 Å². The van der Waals surface area contributed by atoms with Gasteiger partial charge in [-0.15, -0.1) is 5.10 Å². The first-order valence-corrected chi connectivity index (χ1v) is 9.03. The van der Waals surface area contributed by atoms with Gasteiger partial charge in [-0.1, -0.05) is 23.9 Å². The van der Waals surface area contributed by atoms with Crippen LogP contribution >= 0.6 is 11.8 Å². The molecular formula is C18H19N5O3S. The molecule has 27 heavy (non-hydrogen) atoms. The Hall–Kier alpha value is -3.07. The molecule has 1 N–H and O–H groups in total. The van der Waals surface area contributed by atoms with Crippen LogP contribution in [-0.2, 0) is 4.79 Å². The van der Waals surface area contributed by atoms with Crippen LogP contribution in [0.5, 0.6) is 11.5 Å². The molecule has 2 aromatic carbocycles. The number of methoxy groups -OCH3 is 2. The van der Waals surface area contributed by atoms with E-state index in [9.17, 15) is 4.79 Å². The molecule has 8 nitrogen and oxygen atoms in total. The highest BCUT2D eigenvalue weighted by Gasteiger charge is 2.20. The van der Waals surface area contributed by atoms with Gasteiger partial charge in [-0.05, 0) is 53.7 Å². The molecule has 0 aliphatic heterocycles. The fourth-order valence-corrected chi connectivity index (χ4v) is 3.14. The Morgan fingerprint density at radius 2 is 1.85 bits per heavy atom. The molecule has 0 saturated heterocycles. The van der Waals surface area contributed by atoms with E-state index in [4.69, 9.17) is 9.47 Å². The number of ether oxygens (including phenoxy) is 2. The number of anilines is 1. The van der Waals surface area contributed by atoms with E-state index in [1.807, 2.05) is 36.4 Å². The molecule has 0 fully saturated rings. The molecular weight excluding hydrogens is 366 g/mol. The van der Waals surface area contributed by atoms with Crippen LogP contribution < -0.4 is 14.8 Å². The first kappa shape index (κ1) is 18.7. The molecule has 0 aliphatic rings. The molecule has 140 valence electrons. The predicted molar refractivity (Wildman–Crippen MR) is 103 cm³/mol. The highest BCUT2D eigenvalue weighted by Crippen LogP contribution is 2.27. The maximum atomic E-state index is 12.6. The van der Waals surface area contributed by atoms with E-state index in [0.717, 1.165) is 11.4 Å². The molecule has 3 rings (SSSR count). The van der Waals surface area contributed by atoms with Gasteiger partial charge in [-0.25, -0.2) is 0 Å². The number of benzene rings is 2. The van der Waals surface area contributed by atoms with Gasteiger partial charge in [0.05, 0.1) is 30.8 Å². The number of thioether (sulfide) groups is 1. The lowest BCUT2D eigenvalue weighted by Gasteiger charge is -2.13. The van der Waals surface area contributed by atoms with E-state index in [1.54, 1.807) is 38.0 Å². The van der Waals surface area contributed by atoms with Crippen molar-refractivity contribution in [2.75, 3.05) is 19.5 Å². The van der Waals surface area contributed by atoms with Crippen LogP contribution in [-0.4, -0.2) is 45.6 Å². The van der Waals surface area contributed by atoms with Crippen LogP contribution in [0, 0.1) is 0 Å². The maximum absolute atomic E-state index is 12.6. The summed E-state index contributed by atoms with van der Waals surface area (Å²) in [4.78, 5) is 12.6. The van der Waals surface area contributed by atoms with Gasteiger partial charge in [0.25, 0.3) is 0 Å². The number of aromatic nitrogens is 4. The van der Waals surface area contributed by atoms with Crippen molar-refractivity contribution in [3.63, 3.8) is 0 Å². The highest BCUT2D eigenvalue weighted by atomic mass is 32.2. The molecule has 0 radical (unpaired) electrons. The van der Waals surface area contributed by atoms with Gasteiger partial charge in [-0.2, -0.15) is 4.68 Å². The molecule has 0 spiro atoms. The normalized spacial score (nSPS) is 11.7. The third-order valence-electron chi connectivity index (χ3n) is 3.77. The molecule has 9 heteroatoms. The van der Waals surface area contributed by atoms with Gasteiger partial charge in [0.1, 0.15) is 11.5 Å². The van der Waals surface area contributed by atoms with Crippen molar-refractivity contribution in [2.45, 2.75) is 17.3 Å². The van der Waals surface area contributed by atoms with Crippen molar-refractivity contribution in [2.24, 2.45) is 0 Å².